The zero-order chi connectivity index (χ0) is 18.4. The van der Waals surface area contributed by atoms with Crippen molar-refractivity contribution in [3.8, 4) is 0 Å². The molecule has 1 unspecified atom stereocenters. The van der Waals surface area contributed by atoms with E-state index in [0.717, 1.165) is 24.5 Å². The number of rotatable bonds is 3. The van der Waals surface area contributed by atoms with Gasteiger partial charge in [0.15, 0.2) is 5.96 Å². The van der Waals surface area contributed by atoms with Crippen LogP contribution in [-0.4, -0.2) is 48.7 Å². The molecule has 25 heavy (non-hydrogen) atoms. The molecule has 1 aliphatic heterocycles. The summed E-state index contributed by atoms with van der Waals surface area (Å²) >= 11 is 0. The Morgan fingerprint density at radius 1 is 1.36 bits per heavy atom. The number of carbonyl (C=O) groups is 1. The van der Waals surface area contributed by atoms with Crippen LogP contribution < -0.4 is 10.6 Å². The summed E-state index contributed by atoms with van der Waals surface area (Å²) in [6.07, 6.45) is 0.435. The topological polar surface area (TPSA) is 66.0 Å². The molecule has 1 aromatic carbocycles. The van der Waals surface area contributed by atoms with Gasteiger partial charge in [0.2, 0.25) is 0 Å². The second kappa shape index (κ2) is 8.18. The van der Waals surface area contributed by atoms with Crippen molar-refractivity contribution in [2.75, 3.05) is 20.1 Å². The van der Waals surface area contributed by atoms with Crippen LogP contribution in [0.15, 0.2) is 29.3 Å². The number of hydrogen-bond acceptors (Lipinski definition) is 3. The van der Waals surface area contributed by atoms with Gasteiger partial charge < -0.3 is 20.3 Å². The van der Waals surface area contributed by atoms with Crippen molar-refractivity contribution in [1.29, 1.82) is 0 Å². The number of hydrogen-bond donors (Lipinski definition) is 2. The Balaban J connectivity index is 1.82. The zero-order valence-corrected chi connectivity index (χ0v) is 15.3. The molecule has 138 valence electrons. The lowest BCUT2D eigenvalue weighted by Crippen LogP contribution is -2.44. The number of ether oxygens (including phenoxy) is 1. The molecule has 1 aromatic rings. The van der Waals surface area contributed by atoms with E-state index in [1.54, 1.807) is 19.2 Å². The van der Waals surface area contributed by atoms with E-state index in [0.29, 0.717) is 13.1 Å². The maximum atomic E-state index is 13.0. The molecule has 0 bridgehead atoms. The first kappa shape index (κ1) is 19.0. The van der Waals surface area contributed by atoms with Crippen LogP contribution >= 0.6 is 0 Å². The molecule has 0 radical (unpaired) electrons. The minimum Gasteiger partial charge on any atom is -0.444 e. The van der Waals surface area contributed by atoms with Gasteiger partial charge in [-0.15, -0.1) is 0 Å². The number of nitrogens with one attached hydrogen (secondary N) is 2. The summed E-state index contributed by atoms with van der Waals surface area (Å²) in [4.78, 5) is 18.2. The molecule has 0 spiro atoms. The number of benzene rings is 1. The number of nitrogens with zero attached hydrogens (tertiary/aromatic N) is 2. The Hall–Kier alpha value is -2.31. The van der Waals surface area contributed by atoms with E-state index >= 15 is 0 Å². The van der Waals surface area contributed by atoms with E-state index in [9.17, 15) is 9.18 Å². The van der Waals surface area contributed by atoms with E-state index in [4.69, 9.17) is 4.74 Å². The first-order chi connectivity index (χ1) is 11.8. The minimum atomic E-state index is -0.505. The fourth-order valence-corrected chi connectivity index (χ4v) is 2.66. The zero-order valence-electron chi connectivity index (χ0n) is 15.3. The fraction of sp³-hybridized carbons (Fsp3) is 0.556. The number of likely N-dealkylation sites (tertiary alicyclic amines) is 1. The van der Waals surface area contributed by atoms with E-state index in [1.165, 1.54) is 12.1 Å². The predicted molar refractivity (Wildman–Crippen MR) is 95.9 cm³/mol. The second-order valence-electron chi connectivity index (χ2n) is 7.11. The molecule has 0 saturated carbocycles. The number of halogens is 1. The predicted octanol–water partition coefficient (Wildman–Crippen LogP) is 2.50. The van der Waals surface area contributed by atoms with Gasteiger partial charge >= 0.3 is 6.09 Å². The summed E-state index contributed by atoms with van der Waals surface area (Å²) in [6, 6.07) is 6.39. The third kappa shape index (κ3) is 6.25. The summed E-state index contributed by atoms with van der Waals surface area (Å²) in [7, 11) is 1.72. The quantitative estimate of drug-likeness (QED) is 0.649. The van der Waals surface area contributed by atoms with Crippen molar-refractivity contribution in [2.45, 2.75) is 45.4 Å². The number of alkyl carbamates (subject to hydrolysis) is 1. The highest BCUT2D eigenvalue weighted by Gasteiger charge is 2.27. The molecule has 1 amide bonds. The number of carbonyl (C=O) groups excluding carboxylic acids is 1. The molecule has 7 heteroatoms. The van der Waals surface area contributed by atoms with Gasteiger partial charge in [-0.3, -0.25) is 4.99 Å². The van der Waals surface area contributed by atoms with Gasteiger partial charge in [0.1, 0.15) is 11.4 Å². The van der Waals surface area contributed by atoms with Crippen LogP contribution in [0.3, 0.4) is 0 Å². The van der Waals surface area contributed by atoms with Gasteiger partial charge in [-0.2, -0.15) is 0 Å². The first-order valence-electron chi connectivity index (χ1n) is 8.46. The van der Waals surface area contributed by atoms with Crippen molar-refractivity contribution in [1.82, 2.24) is 15.5 Å². The van der Waals surface area contributed by atoms with E-state index in [1.807, 2.05) is 20.8 Å². The number of aliphatic imine (C=N–C) groups is 1. The molecule has 6 nitrogen and oxygen atoms in total. The number of guanidine groups is 1. The summed E-state index contributed by atoms with van der Waals surface area (Å²) in [5.41, 5.74) is 0.472. The first-order valence-corrected chi connectivity index (χ1v) is 8.46. The molecular weight excluding hydrogens is 323 g/mol. The molecule has 1 saturated heterocycles. The van der Waals surface area contributed by atoms with E-state index < -0.39 is 11.7 Å². The van der Waals surface area contributed by atoms with Crippen LogP contribution in [0.1, 0.15) is 32.8 Å². The second-order valence-corrected chi connectivity index (χ2v) is 7.11. The Morgan fingerprint density at radius 3 is 2.64 bits per heavy atom. The van der Waals surface area contributed by atoms with Crippen molar-refractivity contribution < 1.29 is 13.9 Å². The fourth-order valence-electron chi connectivity index (χ4n) is 2.66. The van der Waals surface area contributed by atoms with E-state index in [2.05, 4.69) is 20.5 Å². The standard InChI is InChI=1S/C18H27FN4O2/c1-18(2,3)25-17(24)22-15-9-10-23(12-15)16(20-4)21-11-13-5-7-14(19)8-6-13/h5-8,15H,9-12H2,1-4H3,(H,20,21)(H,22,24). The highest BCUT2D eigenvalue weighted by molar-refractivity contribution is 5.80. The highest BCUT2D eigenvalue weighted by Crippen LogP contribution is 2.12. The molecule has 2 N–H and O–H groups in total. The highest BCUT2D eigenvalue weighted by atomic mass is 19.1. The lowest BCUT2D eigenvalue weighted by Gasteiger charge is -2.23. The van der Waals surface area contributed by atoms with Gasteiger partial charge in [0, 0.05) is 26.7 Å². The molecular formula is C18H27FN4O2. The summed E-state index contributed by atoms with van der Waals surface area (Å²) < 4.78 is 18.2. The van der Waals surface area contributed by atoms with Crippen LogP contribution in [0, 0.1) is 5.82 Å². The lowest BCUT2D eigenvalue weighted by molar-refractivity contribution is 0.0507. The average Bonchev–Trinajstić information content (AvgIpc) is 2.96. The molecule has 2 rings (SSSR count). The molecule has 1 aliphatic rings. The van der Waals surface area contributed by atoms with Crippen molar-refractivity contribution >= 4 is 12.1 Å². The molecule has 1 heterocycles. The van der Waals surface area contributed by atoms with Crippen molar-refractivity contribution in [2.24, 2.45) is 4.99 Å². The van der Waals surface area contributed by atoms with Crippen LogP contribution in [0.4, 0.5) is 9.18 Å². The summed E-state index contributed by atoms with van der Waals surface area (Å²) in [5, 5.41) is 6.17. The molecule has 1 atom stereocenters. The van der Waals surface area contributed by atoms with Crippen LogP contribution in [0.25, 0.3) is 0 Å². The van der Waals surface area contributed by atoms with Crippen molar-refractivity contribution in [3.05, 3.63) is 35.6 Å². The SMILES string of the molecule is CN=C(NCc1ccc(F)cc1)N1CCC(NC(=O)OC(C)(C)C)C1. The smallest absolute Gasteiger partial charge is 0.407 e. The normalized spacial score (nSPS) is 18.2. The van der Waals surface area contributed by atoms with Gasteiger partial charge in [-0.25, -0.2) is 9.18 Å². The Morgan fingerprint density at radius 2 is 2.04 bits per heavy atom. The maximum Gasteiger partial charge on any atom is 0.407 e. The third-order valence-electron chi connectivity index (χ3n) is 3.78. The maximum absolute atomic E-state index is 13.0. The molecule has 0 aliphatic carbocycles. The van der Waals surface area contributed by atoms with Crippen molar-refractivity contribution in [3.63, 3.8) is 0 Å². The van der Waals surface area contributed by atoms with Gasteiger partial charge in [0.05, 0.1) is 6.04 Å². The molecule has 1 fully saturated rings. The van der Waals surface area contributed by atoms with Crippen LogP contribution in [-0.2, 0) is 11.3 Å². The van der Waals surface area contributed by atoms with Gasteiger partial charge in [-0.05, 0) is 44.9 Å². The van der Waals surface area contributed by atoms with Gasteiger partial charge in [-0.1, -0.05) is 12.1 Å². The Labute approximate surface area is 148 Å². The third-order valence-corrected chi connectivity index (χ3v) is 3.78. The lowest BCUT2D eigenvalue weighted by atomic mass is 10.2. The Kier molecular flexibility index (Phi) is 6.22. The van der Waals surface area contributed by atoms with E-state index in [-0.39, 0.29) is 11.9 Å². The monoisotopic (exact) mass is 350 g/mol. The Bertz CT molecular complexity index is 610. The summed E-state index contributed by atoms with van der Waals surface area (Å²) in [5.74, 6) is 0.515. The molecule has 0 aromatic heterocycles. The number of amides is 1. The van der Waals surface area contributed by atoms with Gasteiger partial charge in [0.25, 0.3) is 0 Å². The average molecular weight is 350 g/mol. The largest absolute Gasteiger partial charge is 0.444 e. The summed E-state index contributed by atoms with van der Waals surface area (Å²) in [6.45, 7) is 7.55. The van der Waals surface area contributed by atoms with Crippen LogP contribution in [0.5, 0.6) is 0 Å². The van der Waals surface area contributed by atoms with Crippen LogP contribution in [0.2, 0.25) is 0 Å². The minimum absolute atomic E-state index is 0.0271.